The molecular weight excluding hydrogens is 295 g/mol. The lowest BCUT2D eigenvalue weighted by Gasteiger charge is -2.11. The van der Waals surface area contributed by atoms with E-state index in [9.17, 15) is 9.18 Å². The van der Waals surface area contributed by atoms with Crippen LogP contribution in [0.3, 0.4) is 0 Å². The Morgan fingerprint density at radius 1 is 1.04 bits per heavy atom. The van der Waals surface area contributed by atoms with Crippen molar-refractivity contribution < 1.29 is 18.7 Å². The first kappa shape index (κ1) is 16.7. The Morgan fingerprint density at radius 3 is 2.48 bits per heavy atom. The Hall–Kier alpha value is -2.62. The molecule has 0 saturated carbocycles. The van der Waals surface area contributed by atoms with Gasteiger partial charge in [0.15, 0.2) is 17.3 Å². The minimum atomic E-state index is -0.427. The predicted octanol–water partition coefficient (Wildman–Crippen LogP) is 4.52. The molecule has 0 aliphatic carbocycles. The molecule has 0 aromatic heterocycles. The molecule has 0 atom stereocenters. The molecule has 0 saturated heterocycles. The third-order valence-corrected chi connectivity index (χ3v) is 3.10. The minimum absolute atomic E-state index is 0.253. The molecule has 0 heterocycles. The fourth-order valence-corrected chi connectivity index (χ4v) is 2.08. The number of hydrogen-bond donors (Lipinski definition) is 0. The zero-order chi connectivity index (χ0) is 16.7. The van der Waals surface area contributed by atoms with E-state index in [4.69, 9.17) is 9.47 Å². The van der Waals surface area contributed by atoms with Gasteiger partial charge in [-0.15, -0.1) is 0 Å². The molecule has 2 aromatic rings. The standard InChI is InChI=1S/C19H19FO3/c1-3-22-18-11-9-14(12-19(18)23-4-2)8-10-17(21)15-6-5-7-16(20)13-15/h5-13H,3-4H2,1-2H3. The first-order valence-corrected chi connectivity index (χ1v) is 7.51. The van der Waals surface area contributed by atoms with Gasteiger partial charge < -0.3 is 9.47 Å². The summed E-state index contributed by atoms with van der Waals surface area (Å²) in [6.07, 6.45) is 3.09. The Morgan fingerprint density at radius 2 is 1.78 bits per heavy atom. The molecule has 4 heteroatoms. The Kier molecular flexibility index (Phi) is 5.92. The van der Waals surface area contributed by atoms with Crippen LogP contribution in [0.5, 0.6) is 11.5 Å². The van der Waals surface area contributed by atoms with E-state index >= 15 is 0 Å². The number of ketones is 1. The second kappa shape index (κ2) is 8.13. The molecular formula is C19H19FO3. The highest BCUT2D eigenvalue weighted by Crippen LogP contribution is 2.29. The molecule has 2 rings (SSSR count). The van der Waals surface area contributed by atoms with Crippen molar-refractivity contribution in [2.45, 2.75) is 13.8 Å². The van der Waals surface area contributed by atoms with E-state index in [0.29, 0.717) is 30.3 Å². The van der Waals surface area contributed by atoms with Crippen LogP contribution < -0.4 is 9.47 Å². The highest BCUT2D eigenvalue weighted by Gasteiger charge is 2.06. The second-order valence-corrected chi connectivity index (χ2v) is 4.78. The lowest BCUT2D eigenvalue weighted by Crippen LogP contribution is -1.98. The van der Waals surface area contributed by atoms with Crippen molar-refractivity contribution in [3.8, 4) is 11.5 Å². The van der Waals surface area contributed by atoms with Crippen LogP contribution in [0.1, 0.15) is 29.8 Å². The van der Waals surface area contributed by atoms with E-state index in [1.807, 2.05) is 26.0 Å². The molecule has 0 radical (unpaired) electrons. The van der Waals surface area contributed by atoms with Crippen molar-refractivity contribution >= 4 is 11.9 Å². The average Bonchev–Trinajstić information content (AvgIpc) is 2.55. The van der Waals surface area contributed by atoms with Gasteiger partial charge in [0.2, 0.25) is 0 Å². The van der Waals surface area contributed by atoms with E-state index in [1.165, 1.54) is 24.3 Å². The molecule has 3 nitrogen and oxygen atoms in total. The molecule has 0 aliphatic rings. The summed E-state index contributed by atoms with van der Waals surface area (Å²) in [6, 6.07) is 11.1. The summed E-state index contributed by atoms with van der Waals surface area (Å²) in [7, 11) is 0. The van der Waals surface area contributed by atoms with Crippen molar-refractivity contribution in [3.05, 3.63) is 65.5 Å². The normalized spacial score (nSPS) is 10.7. The monoisotopic (exact) mass is 314 g/mol. The summed E-state index contributed by atoms with van der Waals surface area (Å²) in [5, 5.41) is 0. The van der Waals surface area contributed by atoms with Gasteiger partial charge in [0.25, 0.3) is 0 Å². The number of halogens is 1. The third-order valence-electron chi connectivity index (χ3n) is 3.10. The lowest BCUT2D eigenvalue weighted by molar-refractivity contribution is 0.104. The smallest absolute Gasteiger partial charge is 0.185 e. The van der Waals surface area contributed by atoms with Crippen molar-refractivity contribution in [3.63, 3.8) is 0 Å². The summed E-state index contributed by atoms with van der Waals surface area (Å²) >= 11 is 0. The third kappa shape index (κ3) is 4.68. The van der Waals surface area contributed by atoms with Crippen LogP contribution in [-0.2, 0) is 0 Å². The molecule has 0 aliphatic heterocycles. The maximum absolute atomic E-state index is 13.1. The van der Waals surface area contributed by atoms with E-state index in [-0.39, 0.29) is 5.78 Å². The second-order valence-electron chi connectivity index (χ2n) is 4.78. The van der Waals surface area contributed by atoms with Crippen molar-refractivity contribution in [1.29, 1.82) is 0 Å². The highest BCUT2D eigenvalue weighted by molar-refractivity contribution is 6.06. The van der Waals surface area contributed by atoms with E-state index < -0.39 is 5.82 Å². The van der Waals surface area contributed by atoms with Crippen LogP contribution in [0, 0.1) is 5.82 Å². The summed E-state index contributed by atoms with van der Waals surface area (Å²) in [5.74, 6) is 0.623. The van der Waals surface area contributed by atoms with Crippen LogP contribution >= 0.6 is 0 Å². The maximum atomic E-state index is 13.1. The summed E-state index contributed by atoms with van der Waals surface area (Å²) in [5.41, 5.74) is 1.12. The van der Waals surface area contributed by atoms with Crippen LogP contribution in [0.15, 0.2) is 48.5 Å². The zero-order valence-electron chi connectivity index (χ0n) is 13.2. The fourth-order valence-electron chi connectivity index (χ4n) is 2.08. The van der Waals surface area contributed by atoms with E-state index in [0.717, 1.165) is 5.56 Å². The van der Waals surface area contributed by atoms with Gasteiger partial charge in [-0.1, -0.05) is 24.3 Å². The maximum Gasteiger partial charge on any atom is 0.185 e. The van der Waals surface area contributed by atoms with Crippen molar-refractivity contribution in [2.24, 2.45) is 0 Å². The van der Waals surface area contributed by atoms with Gasteiger partial charge in [0.05, 0.1) is 13.2 Å². The van der Waals surface area contributed by atoms with Crippen LogP contribution in [-0.4, -0.2) is 19.0 Å². The molecule has 0 bridgehead atoms. The number of benzene rings is 2. The van der Waals surface area contributed by atoms with Gasteiger partial charge in [-0.2, -0.15) is 0 Å². The van der Waals surface area contributed by atoms with Crippen LogP contribution in [0.2, 0.25) is 0 Å². The number of carbonyl (C=O) groups excluding carboxylic acids is 1. The lowest BCUT2D eigenvalue weighted by atomic mass is 10.1. The largest absolute Gasteiger partial charge is 0.490 e. The molecule has 0 spiro atoms. The van der Waals surface area contributed by atoms with Crippen molar-refractivity contribution in [1.82, 2.24) is 0 Å². The number of hydrogen-bond acceptors (Lipinski definition) is 3. The molecule has 0 unspecified atom stereocenters. The predicted molar refractivity (Wildman–Crippen MR) is 88.5 cm³/mol. The number of rotatable bonds is 7. The van der Waals surface area contributed by atoms with Gasteiger partial charge in [0, 0.05) is 5.56 Å². The first-order valence-electron chi connectivity index (χ1n) is 7.51. The van der Waals surface area contributed by atoms with Gasteiger partial charge >= 0.3 is 0 Å². The van der Waals surface area contributed by atoms with E-state index in [1.54, 1.807) is 18.2 Å². The highest BCUT2D eigenvalue weighted by atomic mass is 19.1. The summed E-state index contributed by atoms with van der Waals surface area (Å²) in [4.78, 5) is 12.0. The Balaban J connectivity index is 2.18. The topological polar surface area (TPSA) is 35.5 Å². The molecule has 0 amide bonds. The summed E-state index contributed by atoms with van der Waals surface area (Å²) < 4.78 is 24.2. The minimum Gasteiger partial charge on any atom is -0.490 e. The number of ether oxygens (including phenoxy) is 2. The van der Waals surface area contributed by atoms with E-state index in [2.05, 4.69) is 0 Å². The molecule has 0 N–H and O–H groups in total. The number of allylic oxidation sites excluding steroid dienone is 1. The summed E-state index contributed by atoms with van der Waals surface area (Å²) in [6.45, 7) is 4.87. The Labute approximate surface area is 135 Å². The van der Waals surface area contributed by atoms with Crippen LogP contribution in [0.25, 0.3) is 6.08 Å². The SMILES string of the molecule is CCOc1ccc(C=CC(=O)c2cccc(F)c2)cc1OCC. The Bertz CT molecular complexity index is 708. The average molecular weight is 314 g/mol. The molecule has 2 aromatic carbocycles. The zero-order valence-corrected chi connectivity index (χ0v) is 13.2. The van der Waals surface area contributed by atoms with Gasteiger partial charge in [-0.25, -0.2) is 4.39 Å². The van der Waals surface area contributed by atoms with Gasteiger partial charge in [0.1, 0.15) is 5.82 Å². The molecule has 120 valence electrons. The van der Waals surface area contributed by atoms with Gasteiger partial charge in [-0.3, -0.25) is 4.79 Å². The fraction of sp³-hybridized carbons (Fsp3) is 0.211. The first-order chi connectivity index (χ1) is 11.1. The molecule has 0 fully saturated rings. The van der Waals surface area contributed by atoms with Crippen LogP contribution in [0.4, 0.5) is 4.39 Å². The van der Waals surface area contributed by atoms with Crippen molar-refractivity contribution in [2.75, 3.05) is 13.2 Å². The number of carbonyl (C=O) groups is 1. The van der Waals surface area contributed by atoms with Gasteiger partial charge in [-0.05, 0) is 49.8 Å². The molecule has 23 heavy (non-hydrogen) atoms. The quantitative estimate of drug-likeness (QED) is 0.557.